The topological polar surface area (TPSA) is 75.3 Å². The molecule has 2 aromatic carbocycles. The van der Waals surface area contributed by atoms with Gasteiger partial charge in [-0.1, -0.05) is 18.2 Å². The van der Waals surface area contributed by atoms with Crippen LogP contribution >= 0.6 is 23.6 Å². The second-order valence-corrected chi connectivity index (χ2v) is 10.1. The molecule has 0 radical (unpaired) electrons. The first kappa shape index (κ1) is 21.2. The molecule has 3 N–H and O–H groups in total. The molecule has 3 heterocycles. The van der Waals surface area contributed by atoms with Crippen molar-refractivity contribution in [3.8, 4) is 16.3 Å². The summed E-state index contributed by atoms with van der Waals surface area (Å²) in [4.78, 5) is 17.3. The number of aryl methyl sites for hydroxylation is 1. The van der Waals surface area contributed by atoms with Gasteiger partial charge in [0.05, 0.1) is 22.3 Å². The minimum absolute atomic E-state index is 0.0153. The van der Waals surface area contributed by atoms with Crippen LogP contribution in [0.3, 0.4) is 0 Å². The predicted molar refractivity (Wildman–Crippen MR) is 132 cm³/mol. The Kier molecular flexibility index (Phi) is 5.73. The summed E-state index contributed by atoms with van der Waals surface area (Å²) >= 11 is 6.89. The van der Waals surface area contributed by atoms with E-state index in [1.807, 2.05) is 18.2 Å². The molecule has 1 saturated heterocycles. The Labute approximate surface area is 196 Å². The van der Waals surface area contributed by atoms with Crippen molar-refractivity contribution in [1.82, 2.24) is 20.9 Å². The molecule has 2 aliphatic rings. The van der Waals surface area contributed by atoms with E-state index in [1.165, 1.54) is 15.8 Å². The number of benzene rings is 2. The number of nitrogens with zero attached hydrogens (tertiary/aromatic N) is 1. The van der Waals surface area contributed by atoms with Crippen LogP contribution in [0.15, 0.2) is 36.4 Å². The van der Waals surface area contributed by atoms with Gasteiger partial charge in [0.1, 0.15) is 16.9 Å². The minimum Gasteiger partial charge on any atom is -0.487 e. The zero-order chi connectivity index (χ0) is 22.2. The van der Waals surface area contributed by atoms with E-state index in [0.29, 0.717) is 18.1 Å². The van der Waals surface area contributed by atoms with Crippen LogP contribution in [0.5, 0.6) is 5.75 Å². The number of para-hydroxylation sites is 1. The zero-order valence-corrected chi connectivity index (χ0v) is 19.7. The molecule has 3 atom stereocenters. The Morgan fingerprint density at radius 2 is 2.16 bits per heavy atom. The van der Waals surface area contributed by atoms with Gasteiger partial charge in [0.2, 0.25) is 5.91 Å². The van der Waals surface area contributed by atoms with Crippen molar-refractivity contribution in [3.05, 3.63) is 47.5 Å². The summed E-state index contributed by atoms with van der Waals surface area (Å²) in [5.74, 6) is 0.912. The van der Waals surface area contributed by atoms with Crippen LogP contribution in [0.2, 0.25) is 0 Å². The lowest BCUT2D eigenvalue weighted by molar-refractivity contribution is -0.121. The smallest absolute Gasteiger partial charge is 0.222 e. The fourth-order valence-electron chi connectivity index (χ4n) is 4.51. The number of thiazole rings is 1. The highest BCUT2D eigenvalue weighted by molar-refractivity contribution is 7.80. The normalized spacial score (nSPS) is 22.1. The molecule has 6 nitrogen and oxygen atoms in total. The van der Waals surface area contributed by atoms with Crippen LogP contribution in [0.1, 0.15) is 30.9 Å². The summed E-state index contributed by atoms with van der Waals surface area (Å²) in [7, 11) is 0. The van der Waals surface area contributed by atoms with E-state index in [9.17, 15) is 4.79 Å². The van der Waals surface area contributed by atoms with Gasteiger partial charge in [0.25, 0.3) is 0 Å². The van der Waals surface area contributed by atoms with E-state index >= 15 is 0 Å². The van der Waals surface area contributed by atoms with Gasteiger partial charge in [0, 0.05) is 24.9 Å². The molecular weight excluding hydrogens is 440 g/mol. The SMILES string of the molecule is Cc1cc2c(c(-c3nc4ccccc4s3)c1)O[C@H](CNC(=O)C[C@@H]1C[C@@H](C)NC(=S)N1)C2. The van der Waals surface area contributed by atoms with Gasteiger partial charge in [0.15, 0.2) is 5.11 Å². The third-order valence-electron chi connectivity index (χ3n) is 5.88. The van der Waals surface area contributed by atoms with Crippen molar-refractivity contribution in [1.29, 1.82) is 0 Å². The molecule has 0 aliphatic carbocycles. The number of carbonyl (C=O) groups excluding carboxylic acids is 1. The molecule has 166 valence electrons. The van der Waals surface area contributed by atoms with Crippen molar-refractivity contribution in [3.63, 3.8) is 0 Å². The molecule has 1 amide bonds. The first-order chi connectivity index (χ1) is 15.4. The lowest BCUT2D eigenvalue weighted by atomic mass is 10.0. The molecule has 1 aromatic heterocycles. The number of carbonyl (C=O) groups is 1. The Morgan fingerprint density at radius 3 is 2.97 bits per heavy atom. The molecule has 0 saturated carbocycles. The van der Waals surface area contributed by atoms with Crippen molar-refractivity contribution < 1.29 is 9.53 Å². The fraction of sp³-hybridized carbons (Fsp3) is 0.375. The van der Waals surface area contributed by atoms with Crippen LogP contribution in [0, 0.1) is 6.92 Å². The highest BCUT2D eigenvalue weighted by Crippen LogP contribution is 2.42. The maximum atomic E-state index is 12.5. The maximum absolute atomic E-state index is 12.5. The van der Waals surface area contributed by atoms with Crippen LogP contribution in [-0.2, 0) is 11.2 Å². The van der Waals surface area contributed by atoms with Gasteiger partial charge in [-0.05, 0) is 61.8 Å². The molecule has 32 heavy (non-hydrogen) atoms. The van der Waals surface area contributed by atoms with Gasteiger partial charge in [-0.25, -0.2) is 4.98 Å². The Balaban J connectivity index is 1.25. The van der Waals surface area contributed by atoms with Crippen LogP contribution in [-0.4, -0.2) is 40.7 Å². The largest absolute Gasteiger partial charge is 0.487 e. The third-order valence-corrected chi connectivity index (χ3v) is 7.18. The molecular formula is C24H26N4O2S2. The number of rotatable bonds is 5. The Hall–Kier alpha value is -2.71. The molecule has 5 rings (SSSR count). The van der Waals surface area contributed by atoms with Crippen molar-refractivity contribution in [2.45, 2.75) is 51.3 Å². The molecule has 1 fully saturated rings. The van der Waals surface area contributed by atoms with E-state index in [-0.39, 0.29) is 24.1 Å². The number of ether oxygens (including phenoxy) is 1. The van der Waals surface area contributed by atoms with Gasteiger partial charge in [-0.3, -0.25) is 4.79 Å². The Bertz CT molecular complexity index is 1160. The lowest BCUT2D eigenvalue weighted by Crippen LogP contribution is -2.54. The molecule has 2 aliphatic heterocycles. The Morgan fingerprint density at radius 1 is 1.31 bits per heavy atom. The van der Waals surface area contributed by atoms with Crippen molar-refractivity contribution in [2.24, 2.45) is 0 Å². The number of amides is 1. The zero-order valence-electron chi connectivity index (χ0n) is 18.1. The first-order valence-electron chi connectivity index (χ1n) is 10.9. The second-order valence-electron chi connectivity index (χ2n) is 8.69. The molecule has 0 bridgehead atoms. The van der Waals surface area contributed by atoms with E-state index in [2.05, 4.69) is 48.0 Å². The maximum Gasteiger partial charge on any atom is 0.222 e. The summed E-state index contributed by atoms with van der Waals surface area (Å²) < 4.78 is 7.49. The number of hydrogen-bond donors (Lipinski definition) is 3. The number of nitrogens with one attached hydrogen (secondary N) is 3. The summed E-state index contributed by atoms with van der Waals surface area (Å²) in [6.45, 7) is 4.66. The summed E-state index contributed by atoms with van der Waals surface area (Å²) in [5, 5.41) is 11.0. The monoisotopic (exact) mass is 466 g/mol. The summed E-state index contributed by atoms with van der Waals surface area (Å²) in [6.07, 6.45) is 1.97. The number of aromatic nitrogens is 1. The van der Waals surface area contributed by atoms with Crippen LogP contribution < -0.4 is 20.7 Å². The van der Waals surface area contributed by atoms with E-state index in [4.69, 9.17) is 21.9 Å². The number of thiocarbonyl (C=S) groups is 1. The van der Waals surface area contributed by atoms with Gasteiger partial charge in [-0.2, -0.15) is 0 Å². The third kappa shape index (κ3) is 4.42. The first-order valence-corrected chi connectivity index (χ1v) is 12.2. The van der Waals surface area contributed by atoms with Crippen LogP contribution in [0.4, 0.5) is 0 Å². The standard InChI is InChI=1S/C24H26N4O2S2/c1-13-7-15-10-17(12-25-21(29)11-16-9-14(2)26-24(31)27-16)30-22(15)18(8-13)23-28-19-5-3-4-6-20(19)32-23/h3-8,14,16-17H,9-12H2,1-2H3,(H,25,29)(H2,26,27,31)/t14-,16+,17+/m1/s1. The molecule has 8 heteroatoms. The second kappa shape index (κ2) is 8.67. The lowest BCUT2D eigenvalue weighted by Gasteiger charge is -2.30. The number of hydrogen-bond acceptors (Lipinski definition) is 5. The molecule has 3 aromatic rings. The van der Waals surface area contributed by atoms with Crippen LogP contribution in [0.25, 0.3) is 20.8 Å². The highest BCUT2D eigenvalue weighted by atomic mass is 32.1. The number of fused-ring (bicyclic) bond motifs is 2. The predicted octanol–water partition coefficient (Wildman–Crippen LogP) is 3.71. The van der Waals surface area contributed by atoms with E-state index in [1.54, 1.807) is 11.3 Å². The quantitative estimate of drug-likeness (QED) is 0.498. The van der Waals surface area contributed by atoms with Gasteiger partial charge in [-0.15, -0.1) is 11.3 Å². The molecule has 0 spiro atoms. The highest BCUT2D eigenvalue weighted by Gasteiger charge is 2.29. The van der Waals surface area contributed by atoms with Gasteiger partial charge >= 0.3 is 0 Å². The van der Waals surface area contributed by atoms with Crippen molar-refractivity contribution in [2.75, 3.05) is 6.54 Å². The molecule has 0 unspecified atom stereocenters. The average Bonchev–Trinajstić information content (AvgIpc) is 3.34. The van der Waals surface area contributed by atoms with E-state index < -0.39 is 0 Å². The van der Waals surface area contributed by atoms with Gasteiger partial charge < -0.3 is 20.7 Å². The van der Waals surface area contributed by atoms with E-state index in [0.717, 1.165) is 34.7 Å². The fourth-order valence-corrected chi connectivity index (χ4v) is 5.85. The average molecular weight is 467 g/mol. The summed E-state index contributed by atoms with van der Waals surface area (Å²) in [5.41, 5.74) is 4.41. The van der Waals surface area contributed by atoms with Crippen molar-refractivity contribution >= 4 is 44.8 Å². The summed E-state index contributed by atoms with van der Waals surface area (Å²) in [6, 6.07) is 12.8. The minimum atomic E-state index is -0.0788.